The minimum Gasteiger partial charge on any atom is -0.301 e. The molecular formula is C6H7N2O2S. The average Bonchev–Trinajstić information content (AvgIpc) is 1.86. The van der Waals surface area contributed by atoms with Crippen molar-refractivity contribution >= 4 is 15.7 Å². The Morgan fingerprint density at radius 1 is 1.18 bits per heavy atom. The third kappa shape index (κ3) is 1.92. The van der Waals surface area contributed by atoms with Crippen LogP contribution < -0.4 is 10.9 Å². The van der Waals surface area contributed by atoms with Crippen molar-refractivity contribution < 1.29 is 8.42 Å². The zero-order valence-electron chi connectivity index (χ0n) is 5.61. The van der Waals surface area contributed by atoms with Crippen LogP contribution in [-0.4, -0.2) is 8.42 Å². The first kappa shape index (κ1) is 8.03. The highest BCUT2D eigenvalue weighted by atomic mass is 32.2. The van der Waals surface area contributed by atoms with Crippen LogP contribution in [0, 0.1) is 0 Å². The smallest absolute Gasteiger partial charge is 0.238 e. The Kier molecular flexibility index (Phi) is 1.84. The molecule has 1 radical (unpaired) electrons. The Balaban J connectivity index is 3.20. The molecule has 1 aromatic carbocycles. The number of hydrogen-bond acceptors (Lipinski definition) is 2. The first-order chi connectivity index (χ1) is 5.00. The van der Waals surface area contributed by atoms with E-state index in [9.17, 15) is 8.42 Å². The van der Waals surface area contributed by atoms with Gasteiger partial charge >= 0.3 is 0 Å². The van der Waals surface area contributed by atoms with E-state index in [1.165, 1.54) is 24.3 Å². The summed E-state index contributed by atoms with van der Waals surface area (Å²) in [5.41, 5.74) is 7.32. The molecule has 59 valence electrons. The van der Waals surface area contributed by atoms with Crippen LogP contribution in [0.2, 0.25) is 0 Å². The third-order valence-corrected chi connectivity index (χ3v) is 2.11. The van der Waals surface area contributed by atoms with E-state index in [0.717, 1.165) is 0 Å². The molecule has 4 nitrogen and oxygen atoms in total. The van der Waals surface area contributed by atoms with Crippen LogP contribution in [0.1, 0.15) is 0 Å². The predicted molar refractivity (Wildman–Crippen MR) is 40.6 cm³/mol. The Morgan fingerprint density at radius 2 is 1.64 bits per heavy atom. The van der Waals surface area contributed by atoms with Gasteiger partial charge in [-0.2, -0.15) is 0 Å². The lowest BCUT2D eigenvalue weighted by Gasteiger charge is -1.96. The highest BCUT2D eigenvalue weighted by molar-refractivity contribution is 7.89. The molecule has 0 saturated heterocycles. The van der Waals surface area contributed by atoms with Gasteiger partial charge in [-0.05, 0) is 24.3 Å². The average molecular weight is 171 g/mol. The lowest BCUT2D eigenvalue weighted by Crippen LogP contribution is -2.11. The van der Waals surface area contributed by atoms with Crippen LogP contribution in [0.25, 0.3) is 0 Å². The molecular weight excluding hydrogens is 164 g/mol. The SMILES string of the molecule is [NH]c1ccc(S(N)(=O)=O)cc1. The van der Waals surface area contributed by atoms with Gasteiger partial charge in [0.2, 0.25) is 10.0 Å². The highest BCUT2D eigenvalue weighted by Crippen LogP contribution is 2.09. The molecule has 0 aliphatic carbocycles. The van der Waals surface area contributed by atoms with Gasteiger partial charge in [0.1, 0.15) is 0 Å². The maximum absolute atomic E-state index is 10.7. The fourth-order valence-corrected chi connectivity index (χ4v) is 1.16. The third-order valence-electron chi connectivity index (χ3n) is 1.18. The summed E-state index contributed by atoms with van der Waals surface area (Å²) in [5, 5.41) is 4.82. The van der Waals surface area contributed by atoms with Gasteiger partial charge in [0.15, 0.2) is 0 Å². The van der Waals surface area contributed by atoms with E-state index >= 15 is 0 Å². The zero-order valence-corrected chi connectivity index (χ0v) is 6.43. The summed E-state index contributed by atoms with van der Waals surface area (Å²) in [6, 6.07) is 5.36. The van der Waals surface area contributed by atoms with Crippen LogP contribution >= 0.6 is 0 Å². The number of nitrogens with two attached hydrogens (primary N) is 1. The Morgan fingerprint density at radius 3 is 2.00 bits per heavy atom. The van der Waals surface area contributed by atoms with E-state index in [4.69, 9.17) is 10.9 Å². The maximum atomic E-state index is 10.7. The maximum Gasteiger partial charge on any atom is 0.238 e. The minimum atomic E-state index is -3.60. The van der Waals surface area contributed by atoms with Crippen molar-refractivity contribution in [2.45, 2.75) is 4.90 Å². The van der Waals surface area contributed by atoms with Crippen molar-refractivity contribution in [3.8, 4) is 0 Å². The van der Waals surface area contributed by atoms with Crippen molar-refractivity contribution in [2.75, 3.05) is 0 Å². The Hall–Kier alpha value is -1.07. The molecule has 0 bridgehead atoms. The number of nitrogens with one attached hydrogen (secondary N) is 1. The summed E-state index contributed by atoms with van der Waals surface area (Å²) >= 11 is 0. The molecule has 0 saturated carbocycles. The molecule has 0 aliphatic rings. The first-order valence-corrected chi connectivity index (χ1v) is 4.39. The number of rotatable bonds is 1. The number of primary sulfonamides is 1. The molecule has 11 heavy (non-hydrogen) atoms. The van der Waals surface area contributed by atoms with Crippen molar-refractivity contribution in [1.29, 1.82) is 0 Å². The predicted octanol–water partition coefficient (Wildman–Crippen LogP) is 0.248. The van der Waals surface area contributed by atoms with Crippen molar-refractivity contribution in [1.82, 2.24) is 5.73 Å². The van der Waals surface area contributed by atoms with Crippen molar-refractivity contribution in [2.24, 2.45) is 5.14 Å². The summed E-state index contributed by atoms with van der Waals surface area (Å²) in [6.45, 7) is 0. The van der Waals surface area contributed by atoms with Crippen LogP contribution in [-0.2, 0) is 10.0 Å². The van der Waals surface area contributed by atoms with E-state index < -0.39 is 10.0 Å². The molecule has 0 fully saturated rings. The molecule has 0 aliphatic heterocycles. The molecule has 5 heteroatoms. The summed E-state index contributed by atoms with van der Waals surface area (Å²) < 4.78 is 21.3. The standard InChI is InChI=1S/C6H7N2O2S/c7-5-1-3-6(4-2-5)11(8,9)10/h1-4,7H,(H2,8,9,10). The second-order valence-corrected chi connectivity index (χ2v) is 3.63. The summed E-state index contributed by atoms with van der Waals surface area (Å²) in [5.74, 6) is 0. The highest BCUT2D eigenvalue weighted by Gasteiger charge is 2.05. The van der Waals surface area contributed by atoms with Crippen LogP contribution in [0.4, 0.5) is 5.69 Å². The van der Waals surface area contributed by atoms with Gasteiger partial charge in [-0.15, -0.1) is 0 Å². The normalized spacial score (nSPS) is 11.4. The summed E-state index contributed by atoms with van der Waals surface area (Å²) in [6.07, 6.45) is 0. The van der Waals surface area contributed by atoms with Gasteiger partial charge in [-0.3, -0.25) is 0 Å². The molecule has 1 rings (SSSR count). The van der Waals surface area contributed by atoms with Crippen LogP contribution in [0.3, 0.4) is 0 Å². The molecule has 0 aromatic heterocycles. The van der Waals surface area contributed by atoms with Gasteiger partial charge in [0.25, 0.3) is 0 Å². The molecule has 1 aromatic rings. The second-order valence-electron chi connectivity index (χ2n) is 2.07. The van der Waals surface area contributed by atoms with Crippen LogP contribution in [0.5, 0.6) is 0 Å². The number of benzene rings is 1. The fourth-order valence-electron chi connectivity index (χ4n) is 0.645. The molecule has 0 heterocycles. The lowest BCUT2D eigenvalue weighted by molar-refractivity contribution is 0.598. The largest absolute Gasteiger partial charge is 0.301 e. The van der Waals surface area contributed by atoms with Crippen LogP contribution in [0.15, 0.2) is 29.2 Å². The van der Waals surface area contributed by atoms with Gasteiger partial charge in [0.05, 0.1) is 10.6 Å². The van der Waals surface area contributed by atoms with E-state index in [-0.39, 0.29) is 10.6 Å². The molecule has 0 spiro atoms. The Labute approximate surface area is 64.9 Å². The van der Waals surface area contributed by atoms with E-state index in [0.29, 0.717) is 0 Å². The number of sulfonamides is 1. The van der Waals surface area contributed by atoms with E-state index in [1.807, 2.05) is 0 Å². The molecule has 0 atom stereocenters. The van der Waals surface area contributed by atoms with Gasteiger partial charge in [-0.1, -0.05) is 0 Å². The van der Waals surface area contributed by atoms with Gasteiger partial charge in [0, 0.05) is 0 Å². The topological polar surface area (TPSA) is 84.0 Å². The molecule has 0 amide bonds. The molecule has 3 N–H and O–H groups in total. The fraction of sp³-hybridized carbons (Fsp3) is 0. The Bertz CT molecular complexity index is 341. The summed E-state index contributed by atoms with van der Waals surface area (Å²) in [7, 11) is -3.60. The molecule has 0 unspecified atom stereocenters. The monoisotopic (exact) mass is 171 g/mol. The first-order valence-electron chi connectivity index (χ1n) is 2.84. The second kappa shape index (κ2) is 2.52. The van der Waals surface area contributed by atoms with Crippen molar-refractivity contribution in [3.63, 3.8) is 0 Å². The lowest BCUT2D eigenvalue weighted by atomic mass is 10.3. The quantitative estimate of drug-likeness (QED) is 0.656. The van der Waals surface area contributed by atoms with E-state index in [1.54, 1.807) is 0 Å². The zero-order chi connectivity index (χ0) is 8.48. The van der Waals surface area contributed by atoms with Crippen molar-refractivity contribution in [3.05, 3.63) is 24.3 Å². The van der Waals surface area contributed by atoms with Gasteiger partial charge < -0.3 is 5.73 Å². The van der Waals surface area contributed by atoms with Gasteiger partial charge in [-0.25, -0.2) is 13.6 Å². The van der Waals surface area contributed by atoms with E-state index in [2.05, 4.69) is 0 Å². The summed E-state index contributed by atoms with van der Waals surface area (Å²) in [4.78, 5) is 0.0356. The minimum absolute atomic E-state index is 0.0356. The number of hydrogen-bond donors (Lipinski definition) is 1.